The maximum Gasteiger partial charge on any atom is 0.262 e. The third-order valence-corrected chi connectivity index (χ3v) is 11.2. The van der Waals surface area contributed by atoms with Gasteiger partial charge < -0.3 is 29.3 Å². The largest absolute Gasteiger partial charge is 1.00 e. The molecule has 0 aliphatic rings. The fourth-order valence-corrected chi connectivity index (χ4v) is 8.04. The van der Waals surface area contributed by atoms with E-state index in [4.69, 9.17) is 0 Å². The molecule has 2 nitrogen and oxygen atoms in total. The number of aromatic nitrogens is 1. The molecule has 276 valence electrons. The highest BCUT2D eigenvalue weighted by atomic mass is 127. The first kappa shape index (κ1) is 43.8. The second-order valence-corrected chi connectivity index (χ2v) is 15.5. The van der Waals surface area contributed by atoms with Crippen LogP contribution in [0.3, 0.4) is 0 Å². The van der Waals surface area contributed by atoms with Crippen LogP contribution in [-0.2, 0) is 6.54 Å². The van der Waals surface area contributed by atoms with Crippen molar-refractivity contribution in [2.24, 2.45) is 0 Å². The summed E-state index contributed by atoms with van der Waals surface area (Å²) in [5.41, 5.74) is 3.89. The van der Waals surface area contributed by atoms with E-state index in [2.05, 4.69) is 84.4 Å². The maximum atomic E-state index is 3.65. The molecule has 0 spiro atoms. The molecule has 2 aromatic carbocycles. The SMILES string of the molecule is CCCCCCCCCCCCCCCCCCNc1ccc(/C=C/c2sc3ccccc3[n+]2CCCCCCCCCCCC)cc1.[I-]. The summed E-state index contributed by atoms with van der Waals surface area (Å²) in [4.78, 5) is 0. The fourth-order valence-electron chi connectivity index (χ4n) is 6.95. The van der Waals surface area contributed by atoms with Crippen LogP contribution in [-0.4, -0.2) is 6.54 Å². The van der Waals surface area contributed by atoms with E-state index in [1.165, 1.54) is 193 Å². The van der Waals surface area contributed by atoms with Crippen molar-refractivity contribution in [3.8, 4) is 0 Å². The number of para-hydroxylation sites is 1. The Kier molecular flexibility index (Phi) is 27.0. The molecule has 0 fully saturated rings. The number of nitrogens with one attached hydrogen (secondary N) is 1. The van der Waals surface area contributed by atoms with Crippen molar-refractivity contribution < 1.29 is 28.5 Å². The lowest BCUT2D eigenvalue weighted by Gasteiger charge is -2.07. The summed E-state index contributed by atoms with van der Waals surface area (Å²) in [6, 6.07) is 17.9. The lowest BCUT2D eigenvalue weighted by atomic mass is 10.0. The number of fused-ring (bicyclic) bond motifs is 1. The molecule has 0 amide bonds. The van der Waals surface area contributed by atoms with Gasteiger partial charge in [0.1, 0.15) is 4.70 Å². The molecule has 1 heterocycles. The molecule has 1 N–H and O–H groups in total. The zero-order chi connectivity index (χ0) is 33.7. The van der Waals surface area contributed by atoms with E-state index in [0.717, 1.165) is 13.1 Å². The predicted molar refractivity (Wildman–Crippen MR) is 217 cm³/mol. The van der Waals surface area contributed by atoms with Gasteiger partial charge in [-0.05, 0) is 42.7 Å². The van der Waals surface area contributed by atoms with Crippen LogP contribution < -0.4 is 33.9 Å². The highest BCUT2D eigenvalue weighted by molar-refractivity contribution is 7.18. The Morgan fingerprint density at radius 3 is 1.47 bits per heavy atom. The van der Waals surface area contributed by atoms with Gasteiger partial charge in [-0.25, -0.2) is 0 Å². The van der Waals surface area contributed by atoms with Crippen LogP contribution in [0.15, 0.2) is 48.5 Å². The number of halogens is 1. The van der Waals surface area contributed by atoms with Crippen LogP contribution in [0.4, 0.5) is 5.69 Å². The van der Waals surface area contributed by atoms with Gasteiger partial charge in [-0.2, -0.15) is 4.57 Å². The first-order valence-corrected chi connectivity index (χ1v) is 21.6. The molecule has 49 heavy (non-hydrogen) atoms. The predicted octanol–water partition coefficient (Wildman–Crippen LogP) is 12.0. The van der Waals surface area contributed by atoms with Crippen molar-refractivity contribution in [2.45, 2.75) is 187 Å². The zero-order valence-electron chi connectivity index (χ0n) is 31.8. The summed E-state index contributed by atoms with van der Waals surface area (Å²) in [6.45, 7) is 6.79. The average molecular weight is 801 g/mol. The molecule has 0 aliphatic heterocycles. The van der Waals surface area contributed by atoms with Crippen molar-refractivity contribution in [3.05, 3.63) is 59.1 Å². The van der Waals surface area contributed by atoms with Crippen molar-refractivity contribution in [3.63, 3.8) is 0 Å². The van der Waals surface area contributed by atoms with Gasteiger partial charge in [0.2, 0.25) is 5.52 Å². The molecular weight excluding hydrogens is 727 g/mol. The molecule has 0 saturated carbocycles. The second kappa shape index (κ2) is 30.2. The number of rotatable bonds is 31. The monoisotopic (exact) mass is 800 g/mol. The van der Waals surface area contributed by atoms with Gasteiger partial charge in [0, 0.05) is 30.8 Å². The summed E-state index contributed by atoms with van der Waals surface area (Å²) < 4.78 is 3.94. The van der Waals surface area contributed by atoms with Crippen molar-refractivity contribution >= 4 is 39.4 Å². The summed E-state index contributed by atoms with van der Waals surface area (Å²) in [5, 5.41) is 5.01. The molecule has 0 atom stereocenters. The molecular formula is C45H73IN2S. The standard InChI is InChI=1S/C45H72N2S.HI/c1-3-5-7-9-11-13-15-16-17-18-19-20-21-23-25-29-39-46-42-36-33-41(34-37-42)35-38-45-47(43-31-27-28-32-44(43)48-45)40-30-26-24-22-14-12-10-8-6-4-2;/h27-28,31-38H,3-26,29-30,39-40H2,1-2H3;1H. The topological polar surface area (TPSA) is 15.9 Å². The number of thiazole rings is 1. The number of unbranched alkanes of at least 4 members (excludes halogenated alkanes) is 24. The molecule has 0 radical (unpaired) electrons. The third kappa shape index (κ3) is 20.3. The van der Waals surface area contributed by atoms with Crippen LogP contribution in [0.2, 0.25) is 0 Å². The Morgan fingerprint density at radius 1 is 0.510 bits per heavy atom. The summed E-state index contributed by atoms with van der Waals surface area (Å²) in [6.07, 6.45) is 41.2. The van der Waals surface area contributed by atoms with Crippen LogP contribution >= 0.6 is 11.3 Å². The first-order chi connectivity index (χ1) is 23.8. The number of benzene rings is 2. The van der Waals surface area contributed by atoms with Crippen molar-refractivity contribution in [1.29, 1.82) is 0 Å². The van der Waals surface area contributed by atoms with Crippen LogP contribution in [0, 0.1) is 0 Å². The summed E-state index contributed by atoms with van der Waals surface area (Å²) >= 11 is 1.92. The van der Waals surface area contributed by atoms with Gasteiger partial charge in [-0.15, -0.1) is 0 Å². The summed E-state index contributed by atoms with van der Waals surface area (Å²) in [5.74, 6) is 0. The van der Waals surface area contributed by atoms with E-state index in [-0.39, 0.29) is 24.0 Å². The molecule has 0 aliphatic carbocycles. The summed E-state index contributed by atoms with van der Waals surface area (Å²) in [7, 11) is 0. The molecule has 0 saturated heterocycles. The fraction of sp³-hybridized carbons (Fsp3) is 0.667. The number of nitrogens with zero attached hydrogens (tertiary/aromatic N) is 1. The van der Waals surface area contributed by atoms with Crippen LogP contribution in [0.25, 0.3) is 22.4 Å². The smallest absolute Gasteiger partial charge is 0.262 e. The van der Waals surface area contributed by atoms with Gasteiger partial charge in [0.05, 0.1) is 0 Å². The van der Waals surface area contributed by atoms with E-state index < -0.39 is 0 Å². The molecule has 0 unspecified atom stereocenters. The van der Waals surface area contributed by atoms with E-state index in [9.17, 15) is 0 Å². The highest BCUT2D eigenvalue weighted by Crippen LogP contribution is 2.23. The zero-order valence-corrected chi connectivity index (χ0v) is 34.8. The van der Waals surface area contributed by atoms with Crippen molar-refractivity contribution in [1.82, 2.24) is 0 Å². The lowest BCUT2D eigenvalue weighted by molar-refractivity contribution is -0.669. The maximum absolute atomic E-state index is 3.65. The number of anilines is 1. The number of aryl methyl sites for hydroxylation is 1. The second-order valence-electron chi connectivity index (χ2n) is 14.4. The van der Waals surface area contributed by atoms with Crippen LogP contribution in [0.1, 0.15) is 191 Å². The Labute approximate surface area is 324 Å². The van der Waals surface area contributed by atoms with Gasteiger partial charge >= 0.3 is 0 Å². The third-order valence-electron chi connectivity index (χ3n) is 10.1. The van der Waals surface area contributed by atoms with Crippen LogP contribution in [0.5, 0.6) is 0 Å². The van der Waals surface area contributed by atoms with Gasteiger partial charge in [0.15, 0.2) is 6.54 Å². The van der Waals surface area contributed by atoms with E-state index >= 15 is 0 Å². The lowest BCUT2D eigenvalue weighted by Crippen LogP contribution is -3.00. The number of hydrogen-bond donors (Lipinski definition) is 1. The molecule has 1 aromatic heterocycles. The number of hydrogen-bond acceptors (Lipinski definition) is 2. The normalized spacial score (nSPS) is 11.5. The minimum absolute atomic E-state index is 0. The quantitative estimate of drug-likeness (QED) is 0.0389. The van der Waals surface area contributed by atoms with Crippen molar-refractivity contribution in [2.75, 3.05) is 11.9 Å². The van der Waals surface area contributed by atoms with E-state index in [1.54, 1.807) is 0 Å². The van der Waals surface area contributed by atoms with Gasteiger partial charge in [0.25, 0.3) is 5.01 Å². The average Bonchev–Trinajstić information content (AvgIpc) is 3.47. The molecule has 4 heteroatoms. The Morgan fingerprint density at radius 2 is 0.959 bits per heavy atom. The van der Waals surface area contributed by atoms with Gasteiger partial charge in [-0.3, -0.25) is 0 Å². The first-order valence-electron chi connectivity index (χ1n) is 20.7. The highest BCUT2D eigenvalue weighted by Gasteiger charge is 2.17. The Balaban J connectivity index is 0.00000833. The minimum atomic E-state index is 0. The van der Waals surface area contributed by atoms with Gasteiger partial charge in [-0.1, -0.05) is 197 Å². The van der Waals surface area contributed by atoms with E-state index in [1.807, 2.05) is 11.3 Å². The molecule has 3 rings (SSSR count). The Bertz CT molecular complexity index is 1200. The van der Waals surface area contributed by atoms with E-state index in [0.29, 0.717) is 0 Å². The Hall–Kier alpha value is -1.40. The molecule has 3 aromatic rings. The minimum Gasteiger partial charge on any atom is -1.00 e. The molecule has 0 bridgehead atoms.